The minimum Gasteiger partial charge on any atom is -0.427 e. The molecular formula is C25H25IN2O3. The third kappa shape index (κ3) is 5.80. The molecule has 0 atom stereocenters. The van der Waals surface area contributed by atoms with Crippen LogP contribution in [-0.2, 0) is 6.54 Å². The van der Waals surface area contributed by atoms with Crippen molar-refractivity contribution in [3.05, 3.63) is 95.8 Å². The molecule has 0 amide bonds. The molecule has 1 aromatic heterocycles. The molecule has 0 spiro atoms. The first kappa shape index (κ1) is 23.1. The van der Waals surface area contributed by atoms with Crippen LogP contribution in [0.25, 0.3) is 23.1 Å². The van der Waals surface area contributed by atoms with Crippen LogP contribution >= 0.6 is 0 Å². The molecule has 2 aromatic carbocycles. The predicted molar refractivity (Wildman–Crippen MR) is 115 cm³/mol. The first-order valence-electron chi connectivity index (χ1n) is 10.1. The summed E-state index contributed by atoms with van der Waals surface area (Å²) in [6, 6.07) is 21.5. The molecule has 0 radical (unpaired) electrons. The fourth-order valence-electron chi connectivity index (χ4n) is 3.80. The van der Waals surface area contributed by atoms with Gasteiger partial charge in [0.25, 0.3) is 21.1 Å². The van der Waals surface area contributed by atoms with Gasteiger partial charge in [0, 0.05) is 41.5 Å². The van der Waals surface area contributed by atoms with Crippen molar-refractivity contribution in [2.75, 3.05) is 11.4 Å². The molecule has 31 heavy (non-hydrogen) atoms. The third-order valence-electron chi connectivity index (χ3n) is 5.11. The SMILES string of the molecule is CCN1C(=CC=Cc2ccc3ccccc3[n+]2CC)C=Cc2ccccc21.[O-][I+2]([O-])[O-]. The number of aryl methyl sites for hydroxylation is 1. The Morgan fingerprint density at radius 1 is 0.903 bits per heavy atom. The quantitative estimate of drug-likeness (QED) is 0.323. The molecule has 5 nitrogen and oxygen atoms in total. The minimum atomic E-state index is -4.01. The van der Waals surface area contributed by atoms with Gasteiger partial charge in [-0.15, -0.1) is 0 Å². The van der Waals surface area contributed by atoms with E-state index < -0.39 is 21.1 Å². The number of aromatic nitrogens is 1. The molecule has 6 heteroatoms. The summed E-state index contributed by atoms with van der Waals surface area (Å²) in [7, 11) is 0. The van der Waals surface area contributed by atoms with E-state index >= 15 is 0 Å². The number of allylic oxidation sites excluding steroid dienone is 3. The van der Waals surface area contributed by atoms with E-state index in [0.29, 0.717) is 0 Å². The highest BCUT2D eigenvalue weighted by atomic mass is 127. The zero-order valence-electron chi connectivity index (χ0n) is 17.6. The summed E-state index contributed by atoms with van der Waals surface area (Å²) in [6.45, 7) is 6.29. The predicted octanol–water partition coefficient (Wildman–Crippen LogP) is -0.965. The molecule has 160 valence electrons. The van der Waals surface area contributed by atoms with Crippen LogP contribution in [0.5, 0.6) is 0 Å². The smallest absolute Gasteiger partial charge is 0.282 e. The Kier molecular flexibility index (Phi) is 8.36. The number of para-hydroxylation sites is 2. The first-order valence-corrected chi connectivity index (χ1v) is 12.8. The van der Waals surface area contributed by atoms with E-state index in [1.165, 1.54) is 33.5 Å². The highest BCUT2D eigenvalue weighted by molar-refractivity contribution is 5.77. The van der Waals surface area contributed by atoms with Crippen LogP contribution in [0.15, 0.2) is 84.6 Å². The van der Waals surface area contributed by atoms with Crippen molar-refractivity contribution < 1.29 is 35.9 Å². The number of likely N-dealkylation sites (N-methyl/N-ethyl adjacent to an activating group) is 1. The van der Waals surface area contributed by atoms with Crippen molar-refractivity contribution in [2.24, 2.45) is 0 Å². The van der Waals surface area contributed by atoms with Crippen molar-refractivity contribution >= 4 is 28.7 Å². The van der Waals surface area contributed by atoms with Gasteiger partial charge in [-0.1, -0.05) is 42.5 Å². The van der Waals surface area contributed by atoms with Crippen LogP contribution in [0.2, 0.25) is 0 Å². The summed E-state index contributed by atoms with van der Waals surface area (Å²) in [6.07, 6.45) is 11.0. The highest BCUT2D eigenvalue weighted by Crippen LogP contribution is 2.30. The van der Waals surface area contributed by atoms with Gasteiger partial charge in [-0.25, -0.2) is 0 Å². The topological polar surface area (TPSA) is 76.3 Å². The van der Waals surface area contributed by atoms with E-state index in [4.69, 9.17) is 10.3 Å². The van der Waals surface area contributed by atoms with Gasteiger partial charge in [0.15, 0.2) is 0 Å². The molecular weight excluding hydrogens is 503 g/mol. The molecule has 0 saturated carbocycles. The monoisotopic (exact) mass is 528 g/mol. The zero-order valence-corrected chi connectivity index (χ0v) is 19.7. The zero-order chi connectivity index (χ0) is 22.2. The normalized spacial score (nSPS) is 14.3. The molecule has 1 aliphatic heterocycles. The Bertz CT molecular complexity index is 1120. The van der Waals surface area contributed by atoms with Gasteiger partial charge in [0.2, 0.25) is 11.2 Å². The number of rotatable bonds is 4. The fourth-order valence-corrected chi connectivity index (χ4v) is 3.80. The summed E-state index contributed by atoms with van der Waals surface area (Å²) in [5, 5.41) is 1.28. The lowest BCUT2D eigenvalue weighted by Crippen LogP contribution is -4.05. The maximum atomic E-state index is 8.57. The summed E-state index contributed by atoms with van der Waals surface area (Å²) >= 11 is -4.01. The molecule has 0 N–H and O–H groups in total. The number of halogens is 1. The number of benzene rings is 2. The number of anilines is 1. The number of pyridine rings is 1. The molecule has 4 rings (SSSR count). The van der Waals surface area contributed by atoms with Crippen LogP contribution in [0, 0.1) is 0 Å². The molecule has 0 unspecified atom stereocenters. The lowest BCUT2D eigenvalue weighted by Gasteiger charge is -2.29. The van der Waals surface area contributed by atoms with Crippen molar-refractivity contribution in [3.8, 4) is 0 Å². The molecule has 0 saturated heterocycles. The van der Waals surface area contributed by atoms with Crippen molar-refractivity contribution in [1.82, 2.24) is 0 Å². The van der Waals surface area contributed by atoms with Gasteiger partial charge in [-0.3, -0.25) is 0 Å². The standard InChI is InChI=1S/C25H25N2.IO3/c1-3-26-22(18-16-20-10-5-7-14-24(20)26)12-9-13-23-19-17-21-11-6-8-15-25(21)27(23)4-2;2-1(3)4/h5-19H,3-4H2,1-2H3;/q+1;-1. The van der Waals surface area contributed by atoms with Gasteiger partial charge in [-0.05, 0) is 49.8 Å². The fraction of sp³-hybridized carbons (Fsp3) is 0.160. The van der Waals surface area contributed by atoms with Gasteiger partial charge in [-0.2, -0.15) is 4.57 Å². The molecule has 3 aromatic rings. The van der Waals surface area contributed by atoms with Gasteiger partial charge in [0.05, 0.1) is 0 Å². The Labute approximate surface area is 191 Å². The second-order valence-electron chi connectivity index (χ2n) is 6.84. The van der Waals surface area contributed by atoms with E-state index in [1.807, 2.05) is 0 Å². The largest absolute Gasteiger partial charge is 0.427 e. The Balaban J connectivity index is 0.000000628. The van der Waals surface area contributed by atoms with E-state index in [2.05, 4.69) is 114 Å². The maximum absolute atomic E-state index is 8.57. The number of hydrogen-bond acceptors (Lipinski definition) is 4. The molecule has 0 aliphatic carbocycles. The third-order valence-corrected chi connectivity index (χ3v) is 5.11. The highest BCUT2D eigenvalue weighted by Gasteiger charge is 2.15. The average molecular weight is 528 g/mol. The maximum Gasteiger partial charge on any atom is 0.282 e. The van der Waals surface area contributed by atoms with Crippen LogP contribution in [0.4, 0.5) is 5.69 Å². The lowest BCUT2D eigenvalue weighted by molar-refractivity contribution is -1.73. The van der Waals surface area contributed by atoms with E-state index in [0.717, 1.165) is 13.1 Å². The van der Waals surface area contributed by atoms with E-state index in [-0.39, 0.29) is 0 Å². The van der Waals surface area contributed by atoms with E-state index in [1.54, 1.807) is 0 Å². The lowest BCUT2D eigenvalue weighted by atomic mass is 10.1. The molecule has 2 heterocycles. The minimum absolute atomic E-state index is 0.950. The summed E-state index contributed by atoms with van der Waals surface area (Å²) in [4.78, 5) is 2.36. The van der Waals surface area contributed by atoms with Gasteiger partial charge >= 0.3 is 0 Å². The first-order chi connectivity index (χ1) is 15.0. The number of hydrogen-bond donors (Lipinski definition) is 0. The van der Waals surface area contributed by atoms with Crippen molar-refractivity contribution in [2.45, 2.75) is 20.4 Å². The second kappa shape index (κ2) is 11.2. The molecule has 0 fully saturated rings. The second-order valence-corrected chi connectivity index (χ2v) is 7.92. The Morgan fingerprint density at radius 2 is 1.61 bits per heavy atom. The van der Waals surface area contributed by atoms with Crippen molar-refractivity contribution in [1.29, 1.82) is 0 Å². The van der Waals surface area contributed by atoms with E-state index in [9.17, 15) is 0 Å². The summed E-state index contributed by atoms with van der Waals surface area (Å²) in [5.74, 6) is 0. The van der Waals surface area contributed by atoms with Crippen LogP contribution in [-0.4, -0.2) is 6.54 Å². The molecule has 0 bridgehead atoms. The number of nitrogens with zero attached hydrogens (tertiary/aromatic N) is 2. The average Bonchev–Trinajstić information content (AvgIpc) is 2.78. The molecule has 1 aliphatic rings. The van der Waals surface area contributed by atoms with Gasteiger partial charge in [0.1, 0.15) is 6.54 Å². The summed E-state index contributed by atoms with van der Waals surface area (Å²) in [5.41, 5.74) is 6.26. The summed E-state index contributed by atoms with van der Waals surface area (Å²) < 4.78 is 28.1. The Hall–Kier alpha value is -2.52. The number of fused-ring (bicyclic) bond motifs is 2. The Morgan fingerprint density at radius 3 is 2.35 bits per heavy atom. The van der Waals surface area contributed by atoms with Crippen LogP contribution in [0.3, 0.4) is 0 Å². The van der Waals surface area contributed by atoms with Crippen molar-refractivity contribution in [3.63, 3.8) is 0 Å². The van der Waals surface area contributed by atoms with Gasteiger partial charge < -0.3 is 15.2 Å². The van der Waals surface area contributed by atoms with Crippen LogP contribution in [0.1, 0.15) is 25.1 Å². The van der Waals surface area contributed by atoms with Crippen LogP contribution < -0.4 is 40.8 Å².